The number of pyridine rings is 1. The highest BCUT2D eigenvalue weighted by molar-refractivity contribution is 5.95. The van der Waals surface area contributed by atoms with Gasteiger partial charge in [0.25, 0.3) is 0 Å². The Morgan fingerprint density at radius 3 is 2.89 bits per heavy atom. The highest BCUT2D eigenvalue weighted by atomic mass is 16.5. The molecule has 1 heterocycles. The van der Waals surface area contributed by atoms with Crippen molar-refractivity contribution in [3.05, 3.63) is 17.8 Å². The largest absolute Gasteiger partial charge is 0.465 e. The second-order valence-corrected chi connectivity index (χ2v) is 3.78. The van der Waals surface area contributed by atoms with Gasteiger partial charge < -0.3 is 20.5 Å². The maximum absolute atomic E-state index is 11.5. The average Bonchev–Trinajstić information content (AvgIpc) is 2.40. The summed E-state index contributed by atoms with van der Waals surface area (Å²) in [6.07, 6.45) is 2.09. The molecule has 0 fully saturated rings. The minimum Gasteiger partial charge on any atom is -0.465 e. The van der Waals surface area contributed by atoms with E-state index in [4.69, 9.17) is 10.8 Å². The molecule has 0 aliphatic heterocycles. The lowest BCUT2D eigenvalue weighted by Crippen LogP contribution is -2.26. The van der Waals surface area contributed by atoms with Gasteiger partial charge in [0, 0.05) is 19.7 Å². The molecule has 0 atom stereocenters. The Morgan fingerprint density at radius 2 is 2.33 bits per heavy atom. The highest BCUT2D eigenvalue weighted by Gasteiger charge is 2.14. The molecule has 100 valence electrons. The molecule has 1 aromatic heterocycles. The minimum atomic E-state index is -0.477. The first-order chi connectivity index (χ1) is 8.63. The number of carbonyl (C=O) groups is 1. The van der Waals surface area contributed by atoms with E-state index in [2.05, 4.69) is 9.72 Å². The number of aromatic nitrogens is 1. The van der Waals surface area contributed by atoms with Crippen LogP contribution in [0.25, 0.3) is 0 Å². The third-order valence-corrected chi connectivity index (χ3v) is 2.62. The predicted molar refractivity (Wildman–Crippen MR) is 69.6 cm³/mol. The first kappa shape index (κ1) is 14.2. The van der Waals surface area contributed by atoms with Crippen LogP contribution in [0.15, 0.2) is 12.3 Å². The number of hydrogen-bond acceptors (Lipinski definition) is 6. The van der Waals surface area contributed by atoms with E-state index < -0.39 is 5.97 Å². The molecular weight excluding hydrogens is 234 g/mol. The van der Waals surface area contributed by atoms with Crippen molar-refractivity contribution in [1.82, 2.24) is 4.98 Å². The van der Waals surface area contributed by atoms with E-state index in [9.17, 15) is 4.79 Å². The standard InChI is InChI=1S/C12H19N3O3/c1-3-15(5-4-6-16)11-7-9(12(17)18-2)10(13)8-14-11/h7-8,16H,3-6,13H2,1-2H3. The lowest BCUT2D eigenvalue weighted by Gasteiger charge is -2.22. The molecule has 1 rings (SSSR count). The third kappa shape index (κ3) is 3.33. The fourth-order valence-electron chi connectivity index (χ4n) is 1.61. The van der Waals surface area contributed by atoms with Crippen LogP contribution >= 0.6 is 0 Å². The monoisotopic (exact) mass is 253 g/mol. The number of nitrogens with two attached hydrogens (primary N) is 1. The zero-order valence-electron chi connectivity index (χ0n) is 10.7. The summed E-state index contributed by atoms with van der Waals surface area (Å²) in [6, 6.07) is 1.61. The molecule has 1 aromatic rings. The molecule has 0 unspecified atom stereocenters. The van der Waals surface area contributed by atoms with Gasteiger partial charge in [0.05, 0.1) is 24.6 Å². The van der Waals surface area contributed by atoms with Gasteiger partial charge in [0.1, 0.15) is 5.82 Å². The molecule has 6 nitrogen and oxygen atoms in total. The van der Waals surface area contributed by atoms with Crippen LogP contribution in [0.4, 0.5) is 11.5 Å². The summed E-state index contributed by atoms with van der Waals surface area (Å²) in [5.41, 5.74) is 6.29. The Hall–Kier alpha value is -1.82. The van der Waals surface area contributed by atoms with E-state index in [-0.39, 0.29) is 6.61 Å². The maximum Gasteiger partial charge on any atom is 0.340 e. The Bertz CT molecular complexity index is 410. The van der Waals surface area contributed by atoms with Crippen LogP contribution < -0.4 is 10.6 Å². The van der Waals surface area contributed by atoms with Crippen LogP contribution in [0, 0.1) is 0 Å². The Labute approximate surface area is 106 Å². The van der Waals surface area contributed by atoms with Gasteiger partial charge in [0.15, 0.2) is 0 Å². The van der Waals surface area contributed by atoms with E-state index >= 15 is 0 Å². The predicted octanol–water partition coefficient (Wildman–Crippen LogP) is 0.659. The SMILES string of the molecule is CCN(CCCO)c1cc(C(=O)OC)c(N)cn1. The van der Waals surface area contributed by atoms with Crippen LogP contribution in [-0.4, -0.2) is 42.9 Å². The van der Waals surface area contributed by atoms with Crippen LogP contribution in [-0.2, 0) is 4.74 Å². The Morgan fingerprint density at radius 1 is 1.61 bits per heavy atom. The normalized spacial score (nSPS) is 10.2. The first-order valence-corrected chi connectivity index (χ1v) is 5.83. The molecule has 0 radical (unpaired) electrons. The number of anilines is 2. The molecule has 6 heteroatoms. The van der Waals surface area contributed by atoms with Crippen molar-refractivity contribution in [2.45, 2.75) is 13.3 Å². The summed E-state index contributed by atoms with van der Waals surface area (Å²) in [4.78, 5) is 17.7. The lowest BCUT2D eigenvalue weighted by atomic mass is 10.2. The maximum atomic E-state index is 11.5. The fourth-order valence-corrected chi connectivity index (χ4v) is 1.61. The van der Waals surface area contributed by atoms with Crippen molar-refractivity contribution in [2.24, 2.45) is 0 Å². The van der Waals surface area contributed by atoms with Gasteiger partial charge in [0.2, 0.25) is 0 Å². The number of carbonyl (C=O) groups excluding carboxylic acids is 1. The van der Waals surface area contributed by atoms with Crippen molar-refractivity contribution >= 4 is 17.5 Å². The zero-order chi connectivity index (χ0) is 13.5. The second kappa shape index (κ2) is 6.80. The van der Waals surface area contributed by atoms with Crippen LogP contribution in [0.3, 0.4) is 0 Å². The summed E-state index contributed by atoms with van der Waals surface area (Å²) in [5, 5.41) is 8.84. The summed E-state index contributed by atoms with van der Waals surface area (Å²) >= 11 is 0. The number of methoxy groups -OCH3 is 1. The molecule has 0 bridgehead atoms. The van der Waals surface area contributed by atoms with Gasteiger partial charge in [-0.2, -0.15) is 0 Å². The molecule has 0 saturated heterocycles. The molecule has 3 N–H and O–H groups in total. The lowest BCUT2D eigenvalue weighted by molar-refractivity contribution is 0.0602. The van der Waals surface area contributed by atoms with Crippen molar-refractivity contribution in [1.29, 1.82) is 0 Å². The summed E-state index contributed by atoms with van der Waals surface area (Å²) in [7, 11) is 1.31. The zero-order valence-corrected chi connectivity index (χ0v) is 10.7. The molecular formula is C12H19N3O3. The summed E-state index contributed by atoms with van der Waals surface area (Å²) < 4.78 is 4.66. The van der Waals surface area contributed by atoms with Crippen LogP contribution in [0.5, 0.6) is 0 Å². The average molecular weight is 253 g/mol. The summed E-state index contributed by atoms with van der Waals surface area (Å²) in [6.45, 7) is 3.50. The van der Waals surface area contributed by atoms with Crippen molar-refractivity contribution in [3.8, 4) is 0 Å². The van der Waals surface area contributed by atoms with Gasteiger partial charge in [-0.05, 0) is 19.4 Å². The van der Waals surface area contributed by atoms with Gasteiger partial charge in [-0.3, -0.25) is 0 Å². The number of nitrogens with zero attached hydrogens (tertiary/aromatic N) is 2. The van der Waals surface area contributed by atoms with Gasteiger partial charge in [-0.1, -0.05) is 0 Å². The molecule has 0 aromatic carbocycles. The number of esters is 1. The van der Waals surface area contributed by atoms with E-state index in [0.717, 1.165) is 6.54 Å². The van der Waals surface area contributed by atoms with Crippen molar-refractivity contribution in [2.75, 3.05) is 37.4 Å². The third-order valence-electron chi connectivity index (χ3n) is 2.62. The smallest absolute Gasteiger partial charge is 0.340 e. The molecule has 0 saturated carbocycles. The fraction of sp³-hybridized carbons (Fsp3) is 0.500. The van der Waals surface area contributed by atoms with Gasteiger partial charge in [-0.25, -0.2) is 9.78 Å². The molecule has 0 amide bonds. The molecule has 18 heavy (non-hydrogen) atoms. The highest BCUT2D eigenvalue weighted by Crippen LogP contribution is 2.19. The van der Waals surface area contributed by atoms with Gasteiger partial charge >= 0.3 is 5.97 Å². The minimum absolute atomic E-state index is 0.120. The van der Waals surface area contributed by atoms with E-state index in [1.165, 1.54) is 13.3 Å². The number of aliphatic hydroxyl groups excluding tert-OH is 1. The van der Waals surface area contributed by atoms with Crippen molar-refractivity contribution in [3.63, 3.8) is 0 Å². The molecule has 0 spiro atoms. The molecule has 0 aliphatic carbocycles. The topological polar surface area (TPSA) is 88.7 Å². The van der Waals surface area contributed by atoms with Crippen LogP contribution in [0.2, 0.25) is 0 Å². The molecule has 0 aliphatic rings. The van der Waals surface area contributed by atoms with Crippen LogP contribution in [0.1, 0.15) is 23.7 Å². The number of ether oxygens (including phenoxy) is 1. The van der Waals surface area contributed by atoms with E-state index in [1.54, 1.807) is 6.07 Å². The number of hydrogen-bond donors (Lipinski definition) is 2. The van der Waals surface area contributed by atoms with E-state index in [0.29, 0.717) is 30.0 Å². The van der Waals surface area contributed by atoms with Gasteiger partial charge in [-0.15, -0.1) is 0 Å². The first-order valence-electron chi connectivity index (χ1n) is 5.83. The number of rotatable bonds is 6. The number of aliphatic hydroxyl groups is 1. The Kier molecular flexibility index (Phi) is 5.38. The number of nitrogen functional groups attached to an aromatic ring is 1. The van der Waals surface area contributed by atoms with E-state index in [1.807, 2.05) is 11.8 Å². The Balaban J connectivity index is 2.98. The quantitative estimate of drug-likeness (QED) is 0.724. The second-order valence-electron chi connectivity index (χ2n) is 3.78. The van der Waals surface area contributed by atoms with Crippen molar-refractivity contribution < 1.29 is 14.6 Å². The summed E-state index contributed by atoms with van der Waals surface area (Å²) in [5.74, 6) is 0.176.